The molecule has 0 unspecified atom stereocenters. The maximum atomic E-state index is 13.5. The van der Waals surface area contributed by atoms with Crippen molar-refractivity contribution in [2.75, 3.05) is 19.8 Å². The van der Waals surface area contributed by atoms with Gasteiger partial charge in [0.15, 0.2) is 18.2 Å². The van der Waals surface area contributed by atoms with E-state index in [1.807, 2.05) is 31.2 Å². The second-order valence-corrected chi connectivity index (χ2v) is 6.31. The average molecular weight is 411 g/mol. The predicted octanol–water partition coefficient (Wildman–Crippen LogP) is 2.64. The maximum absolute atomic E-state index is 13.5. The Balaban J connectivity index is 1.55. The summed E-state index contributed by atoms with van der Waals surface area (Å²) in [5.74, 6) is -0.190. The largest absolute Gasteiger partial charge is 0.494 e. The minimum atomic E-state index is -0.535. The minimum Gasteiger partial charge on any atom is -0.494 e. The number of para-hydroxylation sites is 1. The summed E-state index contributed by atoms with van der Waals surface area (Å²) in [6.45, 7) is 2.54. The van der Waals surface area contributed by atoms with Gasteiger partial charge in [-0.15, -0.1) is 0 Å². The Bertz CT molecular complexity index is 1050. The Morgan fingerprint density at radius 2 is 1.83 bits per heavy atom. The number of carbonyl (C=O) groups is 1. The zero-order valence-electron chi connectivity index (χ0n) is 16.5. The van der Waals surface area contributed by atoms with Crippen LogP contribution in [-0.2, 0) is 11.3 Å². The van der Waals surface area contributed by atoms with Gasteiger partial charge in [-0.3, -0.25) is 9.59 Å². The lowest BCUT2D eigenvalue weighted by atomic mass is 10.1. The highest BCUT2D eigenvalue weighted by atomic mass is 19.1. The fourth-order valence-electron chi connectivity index (χ4n) is 2.71. The molecule has 1 heterocycles. The molecule has 0 spiro atoms. The van der Waals surface area contributed by atoms with Crippen molar-refractivity contribution in [3.63, 3.8) is 0 Å². The zero-order valence-corrected chi connectivity index (χ0v) is 16.5. The summed E-state index contributed by atoms with van der Waals surface area (Å²) in [6.07, 6.45) is 0. The lowest BCUT2D eigenvalue weighted by Gasteiger charge is -2.10. The molecule has 1 amide bonds. The topological polar surface area (TPSA) is 82.5 Å². The van der Waals surface area contributed by atoms with Crippen LogP contribution in [0.3, 0.4) is 0 Å². The van der Waals surface area contributed by atoms with Gasteiger partial charge in [-0.1, -0.05) is 12.1 Å². The van der Waals surface area contributed by atoms with Gasteiger partial charge in [0.25, 0.3) is 11.5 Å². The van der Waals surface area contributed by atoms with Crippen LogP contribution in [-0.4, -0.2) is 35.4 Å². The number of ether oxygens (including phenoxy) is 2. The van der Waals surface area contributed by atoms with Crippen LogP contribution in [0.1, 0.15) is 6.92 Å². The van der Waals surface area contributed by atoms with E-state index in [1.54, 1.807) is 12.1 Å². The molecule has 8 heteroatoms. The van der Waals surface area contributed by atoms with Crippen LogP contribution in [0.5, 0.6) is 11.5 Å². The van der Waals surface area contributed by atoms with Crippen LogP contribution >= 0.6 is 0 Å². The summed E-state index contributed by atoms with van der Waals surface area (Å²) in [5, 5.41) is 6.98. The van der Waals surface area contributed by atoms with Crippen molar-refractivity contribution >= 4 is 5.91 Å². The van der Waals surface area contributed by atoms with E-state index in [9.17, 15) is 14.0 Å². The standard InChI is InChI=1S/C22H22FN3O4/c1-2-29-17-9-7-16(8-10-17)19-11-12-22(28)26(25-19)14-13-24-21(27)15-30-20-6-4-3-5-18(20)23/h3-12H,2,13-15H2,1H3,(H,24,27). The van der Waals surface area contributed by atoms with Gasteiger partial charge in [-0.2, -0.15) is 5.10 Å². The number of halogens is 1. The predicted molar refractivity (Wildman–Crippen MR) is 110 cm³/mol. The van der Waals surface area contributed by atoms with Crippen molar-refractivity contribution in [3.05, 3.63) is 76.8 Å². The molecular weight excluding hydrogens is 389 g/mol. The lowest BCUT2D eigenvalue weighted by Crippen LogP contribution is -2.34. The molecule has 1 N–H and O–H groups in total. The first kappa shape index (κ1) is 21.0. The molecular formula is C22H22FN3O4. The fourth-order valence-corrected chi connectivity index (χ4v) is 2.71. The Hall–Kier alpha value is -3.68. The van der Waals surface area contributed by atoms with E-state index in [-0.39, 0.29) is 31.0 Å². The van der Waals surface area contributed by atoms with E-state index >= 15 is 0 Å². The smallest absolute Gasteiger partial charge is 0.266 e. The summed E-state index contributed by atoms with van der Waals surface area (Å²) in [6, 6.07) is 16.3. The maximum Gasteiger partial charge on any atom is 0.266 e. The van der Waals surface area contributed by atoms with Crippen molar-refractivity contribution in [2.45, 2.75) is 13.5 Å². The molecule has 7 nitrogen and oxygen atoms in total. The number of nitrogens with one attached hydrogen (secondary N) is 1. The van der Waals surface area contributed by atoms with E-state index in [2.05, 4.69) is 10.4 Å². The molecule has 0 aliphatic carbocycles. The number of hydrogen-bond acceptors (Lipinski definition) is 5. The molecule has 3 rings (SSSR count). The molecule has 0 fully saturated rings. The first-order chi connectivity index (χ1) is 14.6. The Morgan fingerprint density at radius 1 is 1.07 bits per heavy atom. The molecule has 30 heavy (non-hydrogen) atoms. The Kier molecular flexibility index (Phi) is 7.15. The normalized spacial score (nSPS) is 10.5. The first-order valence-corrected chi connectivity index (χ1v) is 9.52. The van der Waals surface area contributed by atoms with Crippen molar-refractivity contribution in [1.82, 2.24) is 15.1 Å². The van der Waals surface area contributed by atoms with Gasteiger partial charge >= 0.3 is 0 Å². The molecule has 1 aromatic heterocycles. The summed E-state index contributed by atoms with van der Waals surface area (Å²) in [5.41, 5.74) is 1.20. The summed E-state index contributed by atoms with van der Waals surface area (Å²) in [7, 11) is 0. The Labute approximate surface area is 173 Å². The summed E-state index contributed by atoms with van der Waals surface area (Å²) < 4.78 is 25.3. The molecule has 2 aromatic carbocycles. The fraction of sp³-hybridized carbons (Fsp3) is 0.227. The Morgan fingerprint density at radius 3 is 2.57 bits per heavy atom. The highest BCUT2D eigenvalue weighted by Gasteiger charge is 2.07. The molecule has 0 bridgehead atoms. The van der Waals surface area contributed by atoms with E-state index in [0.29, 0.717) is 12.3 Å². The van der Waals surface area contributed by atoms with Gasteiger partial charge in [0.05, 0.1) is 18.8 Å². The highest BCUT2D eigenvalue weighted by Crippen LogP contribution is 2.19. The van der Waals surface area contributed by atoms with E-state index < -0.39 is 11.7 Å². The van der Waals surface area contributed by atoms with Crippen LogP contribution in [0.25, 0.3) is 11.3 Å². The molecule has 0 saturated heterocycles. The number of carbonyl (C=O) groups excluding carboxylic acids is 1. The minimum absolute atomic E-state index is 0.00796. The van der Waals surface area contributed by atoms with Crippen LogP contribution in [0, 0.1) is 5.82 Å². The van der Waals surface area contributed by atoms with Crippen LogP contribution in [0.2, 0.25) is 0 Å². The molecule has 0 radical (unpaired) electrons. The molecule has 0 saturated carbocycles. The average Bonchev–Trinajstić information content (AvgIpc) is 2.75. The summed E-state index contributed by atoms with van der Waals surface area (Å²) >= 11 is 0. The lowest BCUT2D eigenvalue weighted by molar-refractivity contribution is -0.123. The monoisotopic (exact) mass is 411 g/mol. The second kappa shape index (κ2) is 10.2. The number of aromatic nitrogens is 2. The molecule has 156 valence electrons. The van der Waals surface area contributed by atoms with Crippen LogP contribution in [0.4, 0.5) is 4.39 Å². The van der Waals surface area contributed by atoms with Crippen molar-refractivity contribution < 1.29 is 18.7 Å². The van der Waals surface area contributed by atoms with Crippen molar-refractivity contribution in [3.8, 4) is 22.8 Å². The van der Waals surface area contributed by atoms with Crippen molar-refractivity contribution in [1.29, 1.82) is 0 Å². The second-order valence-electron chi connectivity index (χ2n) is 6.31. The van der Waals surface area contributed by atoms with E-state index in [0.717, 1.165) is 11.3 Å². The SMILES string of the molecule is CCOc1ccc(-c2ccc(=O)n(CCNC(=O)COc3ccccc3F)n2)cc1. The summed E-state index contributed by atoms with van der Waals surface area (Å²) in [4.78, 5) is 24.0. The first-order valence-electron chi connectivity index (χ1n) is 9.52. The van der Waals surface area contributed by atoms with Crippen LogP contribution in [0.15, 0.2) is 65.5 Å². The third-order valence-electron chi connectivity index (χ3n) is 4.17. The van der Waals surface area contributed by atoms with Gasteiger partial charge in [0.2, 0.25) is 0 Å². The van der Waals surface area contributed by atoms with E-state index in [1.165, 1.54) is 28.9 Å². The van der Waals surface area contributed by atoms with Crippen molar-refractivity contribution in [2.24, 2.45) is 0 Å². The highest BCUT2D eigenvalue weighted by molar-refractivity contribution is 5.77. The molecule has 0 aliphatic rings. The van der Waals surface area contributed by atoms with Crippen LogP contribution < -0.4 is 20.3 Å². The molecule has 0 aliphatic heterocycles. The number of nitrogens with zero attached hydrogens (tertiary/aromatic N) is 2. The van der Waals surface area contributed by atoms with Gasteiger partial charge in [0, 0.05) is 18.2 Å². The molecule has 3 aromatic rings. The quantitative estimate of drug-likeness (QED) is 0.585. The van der Waals surface area contributed by atoms with Gasteiger partial charge in [0.1, 0.15) is 5.75 Å². The zero-order chi connectivity index (χ0) is 21.3. The number of amides is 1. The van der Waals surface area contributed by atoms with Gasteiger partial charge < -0.3 is 14.8 Å². The van der Waals surface area contributed by atoms with E-state index in [4.69, 9.17) is 9.47 Å². The number of rotatable bonds is 9. The van der Waals surface area contributed by atoms with Gasteiger partial charge in [-0.25, -0.2) is 9.07 Å². The van der Waals surface area contributed by atoms with Gasteiger partial charge in [-0.05, 0) is 49.4 Å². The molecule has 0 atom stereocenters. The number of hydrogen-bond donors (Lipinski definition) is 1. The number of benzene rings is 2. The third kappa shape index (κ3) is 5.66. The third-order valence-corrected chi connectivity index (χ3v) is 4.17.